The molecule has 0 aliphatic carbocycles. The van der Waals surface area contributed by atoms with E-state index in [1.54, 1.807) is 25.3 Å². The van der Waals surface area contributed by atoms with Crippen LogP contribution in [-0.4, -0.2) is 9.55 Å². The van der Waals surface area contributed by atoms with Crippen LogP contribution in [0.15, 0.2) is 35.3 Å². The fraction of sp³-hybridized carbons (Fsp3) is 0.167. The molecule has 2 rings (SSSR count). The molecule has 0 spiro atoms. The summed E-state index contributed by atoms with van der Waals surface area (Å²) in [5.74, 6) is -0.0573. The topological polar surface area (TPSA) is 60.9 Å². The molecule has 0 saturated heterocycles. The van der Waals surface area contributed by atoms with E-state index < -0.39 is 5.69 Å². The summed E-state index contributed by atoms with van der Waals surface area (Å²) in [6, 6.07) is 5.98. The lowest BCUT2D eigenvalue weighted by Crippen LogP contribution is -2.24. The van der Waals surface area contributed by atoms with Crippen LogP contribution in [0.2, 0.25) is 0 Å². The minimum absolute atomic E-state index is 0.241. The molecule has 0 fully saturated rings. The molecular weight excluding hydrogens is 221 g/mol. The highest BCUT2D eigenvalue weighted by molar-refractivity contribution is 5.35. The fourth-order valence-electron chi connectivity index (χ4n) is 1.51. The molecule has 88 valence electrons. The zero-order valence-corrected chi connectivity index (χ0v) is 9.35. The fourth-order valence-corrected chi connectivity index (χ4v) is 1.51. The van der Waals surface area contributed by atoms with Crippen LogP contribution in [0.1, 0.15) is 11.1 Å². The van der Waals surface area contributed by atoms with Crippen LogP contribution in [0.25, 0.3) is 0 Å². The van der Waals surface area contributed by atoms with Crippen LogP contribution in [0.5, 0.6) is 0 Å². The molecule has 0 aliphatic rings. The van der Waals surface area contributed by atoms with Gasteiger partial charge in [-0.2, -0.15) is 4.98 Å². The number of nitrogen functional groups attached to an aromatic ring is 1. The van der Waals surface area contributed by atoms with Crippen LogP contribution in [0.4, 0.5) is 10.2 Å². The number of halogens is 1. The number of hydrogen-bond donors (Lipinski definition) is 1. The summed E-state index contributed by atoms with van der Waals surface area (Å²) in [6.45, 7) is 2.14. The van der Waals surface area contributed by atoms with Gasteiger partial charge in [0.2, 0.25) is 0 Å². The summed E-state index contributed by atoms with van der Waals surface area (Å²) in [6.07, 6.45) is 1.65. The van der Waals surface area contributed by atoms with Crippen molar-refractivity contribution in [1.29, 1.82) is 0 Å². The highest BCUT2D eigenvalue weighted by atomic mass is 19.1. The van der Waals surface area contributed by atoms with Crippen molar-refractivity contribution < 1.29 is 4.39 Å². The molecule has 2 N–H and O–H groups in total. The number of aryl methyl sites for hydroxylation is 1. The van der Waals surface area contributed by atoms with Crippen molar-refractivity contribution in [2.24, 2.45) is 0 Å². The highest BCUT2D eigenvalue weighted by Crippen LogP contribution is 2.06. The third-order valence-corrected chi connectivity index (χ3v) is 2.48. The predicted octanol–water partition coefficient (Wildman–Crippen LogP) is 1.32. The second kappa shape index (κ2) is 4.37. The largest absolute Gasteiger partial charge is 0.383 e. The highest BCUT2D eigenvalue weighted by Gasteiger charge is 2.03. The van der Waals surface area contributed by atoms with Gasteiger partial charge < -0.3 is 5.73 Å². The first-order chi connectivity index (χ1) is 8.06. The molecule has 0 amide bonds. The standard InChI is InChI=1S/C12H12FN3O/c1-8-6-16(12(17)15-11(8)14)7-9-2-4-10(13)5-3-9/h2-6H,7H2,1H3,(H2,14,15,17). The first kappa shape index (κ1) is 11.3. The zero-order chi connectivity index (χ0) is 12.4. The van der Waals surface area contributed by atoms with Crippen molar-refractivity contribution in [1.82, 2.24) is 9.55 Å². The molecule has 17 heavy (non-hydrogen) atoms. The van der Waals surface area contributed by atoms with Crippen molar-refractivity contribution in [3.63, 3.8) is 0 Å². The van der Waals surface area contributed by atoms with E-state index in [-0.39, 0.29) is 11.6 Å². The third-order valence-electron chi connectivity index (χ3n) is 2.48. The van der Waals surface area contributed by atoms with Crippen molar-refractivity contribution >= 4 is 5.82 Å². The van der Waals surface area contributed by atoms with Crippen LogP contribution >= 0.6 is 0 Å². The minimum Gasteiger partial charge on any atom is -0.383 e. The van der Waals surface area contributed by atoms with Gasteiger partial charge in [-0.3, -0.25) is 4.57 Å². The quantitative estimate of drug-likeness (QED) is 0.851. The van der Waals surface area contributed by atoms with E-state index in [0.29, 0.717) is 6.54 Å². The normalized spacial score (nSPS) is 10.5. The number of hydrogen-bond acceptors (Lipinski definition) is 3. The van der Waals surface area contributed by atoms with E-state index in [9.17, 15) is 9.18 Å². The van der Waals surface area contributed by atoms with Crippen molar-refractivity contribution in [2.75, 3.05) is 5.73 Å². The maximum atomic E-state index is 12.7. The zero-order valence-electron chi connectivity index (χ0n) is 9.35. The van der Waals surface area contributed by atoms with Gasteiger partial charge in [0.15, 0.2) is 0 Å². The summed E-state index contributed by atoms with van der Waals surface area (Å²) < 4.78 is 14.2. The Morgan fingerprint density at radius 1 is 1.35 bits per heavy atom. The number of benzene rings is 1. The van der Waals surface area contributed by atoms with Gasteiger partial charge in [-0.25, -0.2) is 9.18 Å². The molecule has 1 aromatic heterocycles. The van der Waals surface area contributed by atoms with Gasteiger partial charge in [0.05, 0.1) is 6.54 Å². The third kappa shape index (κ3) is 2.50. The molecule has 0 unspecified atom stereocenters. The number of rotatable bonds is 2. The summed E-state index contributed by atoms with van der Waals surface area (Å²) in [5, 5.41) is 0. The van der Waals surface area contributed by atoms with Gasteiger partial charge in [0, 0.05) is 11.8 Å². The van der Waals surface area contributed by atoms with Crippen LogP contribution in [-0.2, 0) is 6.54 Å². The molecule has 0 radical (unpaired) electrons. The van der Waals surface area contributed by atoms with Crippen LogP contribution < -0.4 is 11.4 Å². The van der Waals surface area contributed by atoms with Gasteiger partial charge in [0.1, 0.15) is 11.6 Å². The van der Waals surface area contributed by atoms with E-state index in [0.717, 1.165) is 11.1 Å². The van der Waals surface area contributed by atoms with Crippen molar-refractivity contribution in [3.8, 4) is 0 Å². The molecule has 0 atom stereocenters. The smallest absolute Gasteiger partial charge is 0.349 e. The average Bonchev–Trinajstić information content (AvgIpc) is 2.29. The lowest BCUT2D eigenvalue weighted by molar-refractivity contribution is 0.625. The molecule has 5 heteroatoms. The molecule has 4 nitrogen and oxygen atoms in total. The second-order valence-corrected chi connectivity index (χ2v) is 3.85. The Morgan fingerprint density at radius 3 is 2.65 bits per heavy atom. The predicted molar refractivity (Wildman–Crippen MR) is 63.1 cm³/mol. The van der Waals surface area contributed by atoms with Crippen LogP contribution in [0.3, 0.4) is 0 Å². The van der Waals surface area contributed by atoms with Crippen molar-refractivity contribution in [3.05, 3.63) is 57.9 Å². The monoisotopic (exact) mass is 233 g/mol. The number of nitrogens with zero attached hydrogens (tertiary/aromatic N) is 2. The number of anilines is 1. The van der Waals surface area contributed by atoms with Crippen molar-refractivity contribution in [2.45, 2.75) is 13.5 Å². The summed E-state index contributed by atoms with van der Waals surface area (Å²) in [4.78, 5) is 15.3. The molecule has 0 saturated carbocycles. The first-order valence-electron chi connectivity index (χ1n) is 5.14. The molecule has 0 bridgehead atoms. The maximum absolute atomic E-state index is 12.7. The lowest BCUT2D eigenvalue weighted by Gasteiger charge is -2.07. The number of nitrogens with two attached hydrogens (primary N) is 1. The SMILES string of the molecule is Cc1cn(Cc2ccc(F)cc2)c(=O)nc1N. The van der Waals surface area contributed by atoms with E-state index in [1.807, 2.05) is 0 Å². The summed E-state index contributed by atoms with van der Waals surface area (Å²) in [7, 11) is 0. The van der Waals surface area contributed by atoms with Gasteiger partial charge in [-0.1, -0.05) is 12.1 Å². The number of aromatic nitrogens is 2. The summed E-state index contributed by atoms with van der Waals surface area (Å²) in [5.41, 5.74) is 6.70. The molecule has 0 aliphatic heterocycles. The van der Waals surface area contributed by atoms with Gasteiger partial charge in [-0.05, 0) is 24.6 Å². The average molecular weight is 233 g/mol. The Kier molecular flexibility index (Phi) is 2.91. The Bertz CT molecular complexity index is 590. The minimum atomic E-state index is -0.405. The Labute approximate surface area is 97.5 Å². The molecule has 1 heterocycles. The Hall–Kier alpha value is -2.17. The molecule has 1 aromatic carbocycles. The second-order valence-electron chi connectivity index (χ2n) is 3.85. The van der Waals surface area contributed by atoms with E-state index in [2.05, 4.69) is 4.98 Å². The van der Waals surface area contributed by atoms with E-state index in [4.69, 9.17) is 5.73 Å². The molecule has 2 aromatic rings. The van der Waals surface area contributed by atoms with E-state index >= 15 is 0 Å². The lowest BCUT2D eigenvalue weighted by atomic mass is 10.2. The molecular formula is C12H12FN3O. The van der Waals surface area contributed by atoms with E-state index in [1.165, 1.54) is 16.7 Å². The first-order valence-corrected chi connectivity index (χ1v) is 5.14. The van der Waals surface area contributed by atoms with Gasteiger partial charge in [0.25, 0.3) is 0 Å². The maximum Gasteiger partial charge on any atom is 0.349 e. The van der Waals surface area contributed by atoms with Gasteiger partial charge >= 0.3 is 5.69 Å². The Morgan fingerprint density at radius 2 is 2.00 bits per heavy atom. The van der Waals surface area contributed by atoms with Crippen LogP contribution in [0, 0.1) is 12.7 Å². The summed E-state index contributed by atoms with van der Waals surface area (Å²) >= 11 is 0. The van der Waals surface area contributed by atoms with Gasteiger partial charge in [-0.15, -0.1) is 0 Å². The Balaban J connectivity index is 2.33.